The van der Waals surface area contributed by atoms with Crippen LogP contribution in [0.4, 0.5) is 5.69 Å². The van der Waals surface area contributed by atoms with E-state index in [2.05, 4.69) is 37.3 Å². The van der Waals surface area contributed by atoms with Crippen LogP contribution in [-0.2, 0) is 0 Å². The predicted molar refractivity (Wildman–Crippen MR) is 100 cm³/mol. The number of hydrogen-bond donors (Lipinski definition) is 2. The van der Waals surface area contributed by atoms with Gasteiger partial charge in [0.1, 0.15) is 5.82 Å². The van der Waals surface area contributed by atoms with E-state index in [-0.39, 0.29) is 5.91 Å². The quantitative estimate of drug-likeness (QED) is 0.599. The van der Waals surface area contributed by atoms with Crippen molar-refractivity contribution in [1.29, 1.82) is 0 Å². The predicted octanol–water partition coefficient (Wildman–Crippen LogP) is 1.39. The monoisotopic (exact) mass is 360 g/mol. The van der Waals surface area contributed by atoms with Crippen molar-refractivity contribution in [2.24, 2.45) is 0 Å². The Balaban J connectivity index is 1.44. The maximum atomic E-state index is 12.2. The van der Waals surface area contributed by atoms with Crippen LogP contribution < -0.4 is 10.2 Å². The van der Waals surface area contributed by atoms with Crippen molar-refractivity contribution in [3.05, 3.63) is 35.7 Å². The summed E-state index contributed by atoms with van der Waals surface area (Å²) in [4.78, 5) is 21.1. The molecular weight excluding hydrogens is 336 g/mol. The van der Waals surface area contributed by atoms with Gasteiger partial charge < -0.3 is 15.1 Å². The minimum absolute atomic E-state index is 0.0447. The Morgan fingerprint density at radius 1 is 1.24 bits per heavy atom. The second-order valence-electron chi connectivity index (χ2n) is 6.14. The maximum absolute atomic E-state index is 12.2. The summed E-state index contributed by atoms with van der Waals surface area (Å²) in [5.74, 6) is 1.49. The molecule has 0 saturated carbocycles. The number of amides is 1. The minimum atomic E-state index is -0.0447. The molecule has 1 fully saturated rings. The molecule has 134 valence electrons. The first-order valence-electron chi connectivity index (χ1n) is 8.45. The molecule has 1 aromatic heterocycles. The summed E-state index contributed by atoms with van der Waals surface area (Å²) >= 11 is 1.52. The van der Waals surface area contributed by atoms with Gasteiger partial charge in [0, 0.05) is 49.7 Å². The van der Waals surface area contributed by atoms with E-state index in [0.717, 1.165) is 37.8 Å². The van der Waals surface area contributed by atoms with Gasteiger partial charge >= 0.3 is 0 Å². The Morgan fingerprint density at radius 3 is 2.60 bits per heavy atom. The van der Waals surface area contributed by atoms with Crippen LogP contribution in [0.5, 0.6) is 0 Å². The highest BCUT2D eigenvalue weighted by atomic mass is 32.2. The lowest BCUT2D eigenvalue weighted by Crippen LogP contribution is -2.44. The number of anilines is 1. The molecule has 7 nitrogen and oxygen atoms in total. The third kappa shape index (κ3) is 4.96. The Hall–Kier alpha value is -2.06. The average Bonchev–Trinajstić information content (AvgIpc) is 3.05. The standard InChI is InChI=1S/C17H24N6OS/c1-13-19-17(21-20-13)25-12-7-18-16(24)14-3-5-15(6-4-14)23-10-8-22(2)9-11-23/h3-6H,7-12H2,1-2H3,(H,18,24)(H,19,20,21). The van der Waals surface area contributed by atoms with Gasteiger partial charge in [0.25, 0.3) is 5.91 Å². The van der Waals surface area contributed by atoms with Crippen molar-refractivity contribution in [3.8, 4) is 0 Å². The largest absolute Gasteiger partial charge is 0.369 e. The molecule has 3 rings (SSSR count). The van der Waals surface area contributed by atoms with Gasteiger partial charge in [-0.2, -0.15) is 0 Å². The van der Waals surface area contributed by atoms with Gasteiger partial charge in [0.2, 0.25) is 5.16 Å². The number of benzene rings is 1. The van der Waals surface area contributed by atoms with E-state index in [9.17, 15) is 4.79 Å². The van der Waals surface area contributed by atoms with Crippen LogP contribution in [0.25, 0.3) is 0 Å². The van der Waals surface area contributed by atoms with Crippen molar-refractivity contribution < 1.29 is 4.79 Å². The number of piperazine rings is 1. The van der Waals surface area contributed by atoms with Gasteiger partial charge in [-0.05, 0) is 38.2 Å². The zero-order chi connectivity index (χ0) is 17.6. The Labute approximate surface area is 152 Å². The van der Waals surface area contributed by atoms with Crippen molar-refractivity contribution in [3.63, 3.8) is 0 Å². The summed E-state index contributed by atoms with van der Waals surface area (Å²) < 4.78 is 0. The fourth-order valence-corrected chi connectivity index (χ4v) is 3.38. The summed E-state index contributed by atoms with van der Waals surface area (Å²) in [7, 11) is 2.15. The van der Waals surface area contributed by atoms with Crippen LogP contribution in [0.15, 0.2) is 29.4 Å². The fraction of sp³-hybridized carbons (Fsp3) is 0.471. The molecule has 0 aliphatic carbocycles. The zero-order valence-electron chi connectivity index (χ0n) is 14.7. The summed E-state index contributed by atoms with van der Waals surface area (Å²) in [5, 5.41) is 10.5. The van der Waals surface area contributed by atoms with Crippen molar-refractivity contribution in [2.45, 2.75) is 12.1 Å². The molecule has 1 aliphatic rings. The van der Waals surface area contributed by atoms with E-state index in [1.165, 1.54) is 17.4 Å². The number of carbonyl (C=O) groups is 1. The molecule has 1 aliphatic heterocycles. The summed E-state index contributed by atoms with van der Waals surface area (Å²) in [6, 6.07) is 7.86. The van der Waals surface area contributed by atoms with Crippen molar-refractivity contribution in [1.82, 2.24) is 25.4 Å². The molecular formula is C17H24N6OS. The van der Waals surface area contributed by atoms with Crippen LogP contribution in [0.2, 0.25) is 0 Å². The van der Waals surface area contributed by atoms with Gasteiger partial charge in [-0.1, -0.05) is 11.8 Å². The summed E-state index contributed by atoms with van der Waals surface area (Å²) in [6.07, 6.45) is 0. The molecule has 0 radical (unpaired) electrons. The van der Waals surface area contributed by atoms with Crippen LogP contribution in [-0.4, -0.2) is 71.5 Å². The molecule has 25 heavy (non-hydrogen) atoms. The summed E-state index contributed by atoms with van der Waals surface area (Å²) in [6.45, 7) is 6.65. The Morgan fingerprint density at radius 2 is 1.96 bits per heavy atom. The number of aromatic nitrogens is 3. The number of aryl methyl sites for hydroxylation is 1. The molecule has 2 heterocycles. The first-order valence-corrected chi connectivity index (χ1v) is 9.44. The van der Waals surface area contributed by atoms with E-state index < -0.39 is 0 Å². The number of thioether (sulfide) groups is 1. The van der Waals surface area contributed by atoms with E-state index >= 15 is 0 Å². The number of carbonyl (C=O) groups excluding carboxylic acids is 1. The molecule has 0 bridgehead atoms. The smallest absolute Gasteiger partial charge is 0.251 e. The SMILES string of the molecule is Cc1nc(SCCNC(=O)c2ccc(N3CCN(C)CC3)cc2)n[nH]1. The van der Waals surface area contributed by atoms with E-state index in [1.807, 2.05) is 31.2 Å². The Bertz CT molecular complexity index is 693. The summed E-state index contributed by atoms with van der Waals surface area (Å²) in [5.41, 5.74) is 1.87. The molecule has 0 spiro atoms. The number of nitrogens with zero attached hydrogens (tertiary/aromatic N) is 4. The van der Waals surface area contributed by atoms with Crippen LogP contribution in [0, 0.1) is 6.92 Å². The van der Waals surface area contributed by atoms with Gasteiger partial charge in [-0.25, -0.2) is 4.98 Å². The number of H-pyrrole nitrogens is 1. The molecule has 8 heteroatoms. The lowest BCUT2D eigenvalue weighted by Gasteiger charge is -2.34. The van der Waals surface area contributed by atoms with E-state index in [1.54, 1.807) is 0 Å². The number of hydrogen-bond acceptors (Lipinski definition) is 6. The second kappa shape index (κ2) is 8.35. The average molecular weight is 360 g/mol. The molecule has 1 aromatic carbocycles. The number of rotatable bonds is 6. The molecule has 2 aromatic rings. The second-order valence-corrected chi connectivity index (χ2v) is 7.21. The first-order chi connectivity index (χ1) is 12.1. The van der Waals surface area contributed by atoms with Crippen LogP contribution in [0.1, 0.15) is 16.2 Å². The highest BCUT2D eigenvalue weighted by Gasteiger charge is 2.14. The van der Waals surface area contributed by atoms with Gasteiger partial charge in [0.05, 0.1) is 0 Å². The van der Waals surface area contributed by atoms with Crippen molar-refractivity contribution in [2.75, 3.05) is 50.4 Å². The highest BCUT2D eigenvalue weighted by Crippen LogP contribution is 2.17. The maximum Gasteiger partial charge on any atom is 0.251 e. The third-order valence-electron chi connectivity index (χ3n) is 4.19. The molecule has 1 saturated heterocycles. The van der Waals surface area contributed by atoms with Gasteiger partial charge in [0.15, 0.2) is 0 Å². The van der Waals surface area contributed by atoms with Gasteiger partial charge in [-0.15, -0.1) is 5.10 Å². The fourth-order valence-electron chi connectivity index (χ4n) is 2.68. The highest BCUT2D eigenvalue weighted by molar-refractivity contribution is 7.99. The first kappa shape index (κ1) is 17.8. The Kier molecular flexibility index (Phi) is 5.93. The third-order valence-corrected chi connectivity index (χ3v) is 5.04. The topological polar surface area (TPSA) is 77.2 Å². The number of nitrogens with one attached hydrogen (secondary N) is 2. The normalized spacial score (nSPS) is 15.4. The minimum Gasteiger partial charge on any atom is -0.369 e. The number of likely N-dealkylation sites (N-methyl/N-ethyl adjacent to an activating group) is 1. The van der Waals surface area contributed by atoms with E-state index in [0.29, 0.717) is 17.3 Å². The molecule has 2 N–H and O–H groups in total. The van der Waals surface area contributed by atoms with Crippen LogP contribution >= 0.6 is 11.8 Å². The number of aromatic amines is 1. The zero-order valence-corrected chi connectivity index (χ0v) is 15.5. The molecule has 1 amide bonds. The lowest BCUT2D eigenvalue weighted by atomic mass is 10.1. The lowest BCUT2D eigenvalue weighted by molar-refractivity contribution is 0.0956. The molecule has 0 unspecified atom stereocenters. The van der Waals surface area contributed by atoms with Crippen LogP contribution in [0.3, 0.4) is 0 Å². The molecule has 0 atom stereocenters. The van der Waals surface area contributed by atoms with Gasteiger partial charge in [-0.3, -0.25) is 9.89 Å². The van der Waals surface area contributed by atoms with Crippen molar-refractivity contribution >= 4 is 23.4 Å². The van der Waals surface area contributed by atoms with E-state index in [4.69, 9.17) is 0 Å².